The molecule has 0 saturated carbocycles. The van der Waals surface area contributed by atoms with Crippen molar-refractivity contribution in [1.29, 1.82) is 0 Å². The number of benzene rings is 1. The number of aromatic nitrogens is 3. The summed E-state index contributed by atoms with van der Waals surface area (Å²) in [4.78, 5) is 22.9. The van der Waals surface area contributed by atoms with Crippen LogP contribution in [0.25, 0.3) is 11.4 Å². The van der Waals surface area contributed by atoms with Gasteiger partial charge in [-0.3, -0.25) is 9.36 Å². The highest BCUT2D eigenvalue weighted by atomic mass is 35.5. The number of carboxylic acid groups (broad SMARTS) is 1. The van der Waals surface area contributed by atoms with Gasteiger partial charge in [-0.15, -0.1) is 5.10 Å². The van der Waals surface area contributed by atoms with Crippen LogP contribution in [0.5, 0.6) is 0 Å². The molecule has 2 N–H and O–H groups in total. The minimum absolute atomic E-state index is 0.207. The van der Waals surface area contributed by atoms with Crippen LogP contribution < -0.4 is 5.69 Å². The molecular weight excluding hydrogens is 355 g/mol. The summed E-state index contributed by atoms with van der Waals surface area (Å²) < 4.78 is 38.8. The zero-order valence-corrected chi connectivity index (χ0v) is 12.6. The maximum Gasteiger partial charge on any atom is 0.416 e. The third kappa shape index (κ3) is 3.95. The monoisotopic (exact) mass is 365 g/mol. The molecule has 1 atom stereocenters. The number of halogens is 4. The summed E-state index contributed by atoms with van der Waals surface area (Å²) in [7, 11) is 0. The zero-order valence-electron chi connectivity index (χ0n) is 11.9. The van der Waals surface area contributed by atoms with Crippen LogP contribution in [0.1, 0.15) is 0 Å². The lowest BCUT2D eigenvalue weighted by molar-refractivity contribution is -0.207. The fourth-order valence-corrected chi connectivity index (χ4v) is 2.05. The molecule has 1 aromatic carbocycles. The molecule has 0 spiro atoms. The van der Waals surface area contributed by atoms with E-state index in [0.29, 0.717) is 14.3 Å². The third-order valence-electron chi connectivity index (χ3n) is 3.04. The Hall–Kier alpha value is -2.33. The van der Waals surface area contributed by atoms with Gasteiger partial charge in [0.25, 0.3) is 0 Å². The molecule has 0 aliphatic carbocycles. The summed E-state index contributed by atoms with van der Waals surface area (Å²) in [6.07, 6.45) is -7.74. The molecule has 1 heterocycles. The van der Waals surface area contributed by atoms with Crippen LogP contribution in [0.3, 0.4) is 0 Å². The van der Waals surface area contributed by atoms with Crippen LogP contribution in [0, 0.1) is 0 Å². The quantitative estimate of drug-likeness (QED) is 0.834. The van der Waals surface area contributed by atoms with E-state index in [2.05, 4.69) is 5.10 Å². The molecule has 0 amide bonds. The molecule has 0 radical (unpaired) electrons. The van der Waals surface area contributed by atoms with Gasteiger partial charge in [-0.1, -0.05) is 11.6 Å². The standard InChI is InChI=1S/C13H11ClF3N3O4/c14-8-3-1-7(2-4-8)11-18-20(6-10(22)23)12(24)19(11)5-9(21)13(15,16)17/h1-4,9,21H,5-6H2,(H,22,23)/t9-/m1/s1. The van der Waals surface area contributed by atoms with E-state index in [9.17, 15) is 27.9 Å². The molecule has 7 nitrogen and oxygen atoms in total. The summed E-state index contributed by atoms with van der Waals surface area (Å²) in [5, 5.41) is 22.1. The summed E-state index contributed by atoms with van der Waals surface area (Å²) in [6, 6.07) is 5.68. The van der Waals surface area contributed by atoms with Crippen molar-refractivity contribution in [1.82, 2.24) is 14.3 Å². The number of nitrogens with zero attached hydrogens (tertiary/aromatic N) is 3. The number of carboxylic acids is 1. The predicted octanol–water partition coefficient (Wildman–Crippen LogP) is 1.37. The van der Waals surface area contributed by atoms with Crippen LogP contribution in [0.4, 0.5) is 13.2 Å². The SMILES string of the molecule is O=C(O)Cn1nc(-c2ccc(Cl)cc2)n(C[C@@H](O)C(F)(F)F)c1=O. The van der Waals surface area contributed by atoms with E-state index in [0.717, 1.165) is 0 Å². The zero-order chi connectivity index (χ0) is 18.1. The Labute approximate surface area is 137 Å². The topological polar surface area (TPSA) is 97.3 Å². The van der Waals surface area contributed by atoms with Crippen LogP contribution >= 0.6 is 11.6 Å². The fraction of sp³-hybridized carbons (Fsp3) is 0.308. The molecule has 0 saturated heterocycles. The smallest absolute Gasteiger partial charge is 0.416 e. The Morgan fingerprint density at radius 2 is 1.88 bits per heavy atom. The molecule has 130 valence electrons. The molecule has 24 heavy (non-hydrogen) atoms. The second kappa shape index (κ2) is 6.65. The predicted molar refractivity (Wildman–Crippen MR) is 76.6 cm³/mol. The van der Waals surface area contributed by atoms with Crippen LogP contribution in [-0.4, -0.2) is 42.8 Å². The lowest BCUT2D eigenvalue weighted by atomic mass is 10.2. The Kier molecular flexibility index (Phi) is 4.99. The Bertz CT molecular complexity index is 798. The molecule has 0 fully saturated rings. The van der Waals surface area contributed by atoms with E-state index in [1.807, 2.05) is 0 Å². The van der Waals surface area contributed by atoms with E-state index < -0.39 is 37.0 Å². The van der Waals surface area contributed by atoms with Gasteiger partial charge in [-0.05, 0) is 24.3 Å². The molecule has 0 unspecified atom stereocenters. The van der Waals surface area contributed by atoms with E-state index in [1.165, 1.54) is 24.3 Å². The number of carbonyl (C=O) groups is 1. The lowest BCUT2D eigenvalue weighted by Crippen LogP contribution is -2.37. The van der Waals surface area contributed by atoms with Crippen molar-refractivity contribution < 1.29 is 28.2 Å². The summed E-state index contributed by atoms with van der Waals surface area (Å²) in [5.41, 5.74) is -0.833. The molecular formula is C13H11ClF3N3O4. The minimum Gasteiger partial charge on any atom is -0.480 e. The van der Waals surface area contributed by atoms with Crippen molar-refractivity contribution in [2.75, 3.05) is 0 Å². The summed E-state index contributed by atoms with van der Waals surface area (Å²) >= 11 is 5.73. The number of hydrogen-bond donors (Lipinski definition) is 2. The van der Waals surface area contributed by atoms with Crippen molar-refractivity contribution in [2.45, 2.75) is 25.4 Å². The normalized spacial score (nSPS) is 13.0. The summed E-state index contributed by atoms with van der Waals surface area (Å²) in [6.45, 7) is -1.94. The van der Waals surface area contributed by atoms with Gasteiger partial charge in [-0.2, -0.15) is 13.2 Å². The average Bonchev–Trinajstić information content (AvgIpc) is 2.76. The largest absolute Gasteiger partial charge is 0.480 e. The van der Waals surface area contributed by atoms with Gasteiger partial charge in [0, 0.05) is 10.6 Å². The lowest BCUT2D eigenvalue weighted by Gasteiger charge is -2.15. The van der Waals surface area contributed by atoms with Crippen molar-refractivity contribution in [3.63, 3.8) is 0 Å². The van der Waals surface area contributed by atoms with Crippen molar-refractivity contribution >= 4 is 17.6 Å². The van der Waals surface area contributed by atoms with Gasteiger partial charge in [0.15, 0.2) is 11.9 Å². The maximum atomic E-state index is 12.6. The molecule has 0 bridgehead atoms. The molecule has 0 aliphatic heterocycles. The number of hydrogen-bond acceptors (Lipinski definition) is 4. The van der Waals surface area contributed by atoms with Gasteiger partial charge in [0.2, 0.25) is 0 Å². The second-order valence-electron chi connectivity index (χ2n) is 4.83. The molecule has 1 aromatic heterocycles. The van der Waals surface area contributed by atoms with Gasteiger partial charge in [-0.25, -0.2) is 9.48 Å². The highest BCUT2D eigenvalue weighted by Crippen LogP contribution is 2.23. The van der Waals surface area contributed by atoms with Crippen LogP contribution in [-0.2, 0) is 17.9 Å². The first-order valence-corrected chi connectivity index (χ1v) is 6.87. The van der Waals surface area contributed by atoms with Gasteiger partial charge >= 0.3 is 17.8 Å². The molecule has 2 rings (SSSR count). The Morgan fingerprint density at radius 1 is 1.29 bits per heavy atom. The number of aliphatic hydroxyl groups is 1. The van der Waals surface area contributed by atoms with Crippen molar-refractivity contribution in [3.05, 3.63) is 39.8 Å². The maximum absolute atomic E-state index is 12.6. The Balaban J connectivity index is 2.53. The highest BCUT2D eigenvalue weighted by Gasteiger charge is 2.39. The first kappa shape index (κ1) is 18.0. The van der Waals surface area contributed by atoms with Crippen LogP contribution in [0.2, 0.25) is 5.02 Å². The van der Waals surface area contributed by atoms with Crippen LogP contribution in [0.15, 0.2) is 29.1 Å². The Morgan fingerprint density at radius 3 is 2.38 bits per heavy atom. The van der Waals surface area contributed by atoms with Gasteiger partial charge in [0.1, 0.15) is 6.54 Å². The summed E-state index contributed by atoms with van der Waals surface area (Å²) in [5.74, 6) is -1.60. The third-order valence-corrected chi connectivity index (χ3v) is 3.30. The average molecular weight is 366 g/mol. The van der Waals surface area contributed by atoms with Gasteiger partial charge in [0.05, 0.1) is 6.54 Å². The number of alkyl halides is 3. The number of aliphatic carboxylic acids is 1. The first-order chi connectivity index (χ1) is 11.1. The van der Waals surface area contributed by atoms with E-state index in [-0.39, 0.29) is 11.4 Å². The molecule has 0 aliphatic rings. The van der Waals surface area contributed by atoms with Gasteiger partial charge < -0.3 is 10.2 Å². The highest BCUT2D eigenvalue weighted by molar-refractivity contribution is 6.30. The number of aliphatic hydroxyl groups excluding tert-OH is 1. The van der Waals surface area contributed by atoms with Crippen molar-refractivity contribution in [2.24, 2.45) is 0 Å². The minimum atomic E-state index is -4.94. The van der Waals surface area contributed by atoms with Crippen molar-refractivity contribution in [3.8, 4) is 11.4 Å². The second-order valence-corrected chi connectivity index (χ2v) is 5.27. The van der Waals surface area contributed by atoms with E-state index >= 15 is 0 Å². The molecule has 11 heteroatoms. The number of rotatable bonds is 5. The van der Waals surface area contributed by atoms with E-state index in [1.54, 1.807) is 0 Å². The van der Waals surface area contributed by atoms with E-state index in [4.69, 9.17) is 16.7 Å². The fourth-order valence-electron chi connectivity index (χ4n) is 1.93. The first-order valence-electron chi connectivity index (χ1n) is 6.49. The molecule has 2 aromatic rings.